The monoisotopic (exact) mass is 203 g/mol. The largest absolute Gasteiger partial charge is 0.480 e. The number of aliphatic hydroxyl groups excluding tert-OH is 1. The van der Waals surface area contributed by atoms with Gasteiger partial charge in [-0.2, -0.15) is 0 Å². The number of amides is 1. The molecule has 2 atom stereocenters. The number of rotatable bonds is 4. The van der Waals surface area contributed by atoms with E-state index in [-0.39, 0.29) is 0 Å². The number of nitrogens with one attached hydrogen (secondary N) is 1. The fourth-order valence-corrected chi connectivity index (χ4v) is 1.23. The van der Waals surface area contributed by atoms with E-state index in [2.05, 4.69) is 5.32 Å². The van der Waals surface area contributed by atoms with E-state index in [0.29, 0.717) is 13.0 Å². The summed E-state index contributed by atoms with van der Waals surface area (Å²) in [6.45, 7) is -0.0945. The molecule has 6 heteroatoms. The van der Waals surface area contributed by atoms with E-state index in [9.17, 15) is 9.59 Å². The highest BCUT2D eigenvalue weighted by Gasteiger charge is 2.27. The molecule has 1 aliphatic rings. The molecular formula is C8H13NO5. The van der Waals surface area contributed by atoms with Gasteiger partial charge in [-0.05, 0) is 12.8 Å². The number of carboxylic acid groups (broad SMARTS) is 1. The quantitative estimate of drug-likeness (QED) is 0.529. The van der Waals surface area contributed by atoms with Crippen LogP contribution in [0.2, 0.25) is 0 Å². The minimum atomic E-state index is -1.25. The van der Waals surface area contributed by atoms with Crippen LogP contribution in [0.4, 0.5) is 0 Å². The van der Waals surface area contributed by atoms with Crippen molar-refractivity contribution >= 4 is 11.9 Å². The lowest BCUT2D eigenvalue weighted by Gasteiger charge is -2.14. The molecular weight excluding hydrogens is 190 g/mol. The average Bonchev–Trinajstić information content (AvgIpc) is 2.65. The van der Waals surface area contributed by atoms with Gasteiger partial charge in [0.2, 0.25) is 5.91 Å². The highest BCUT2D eigenvalue weighted by molar-refractivity contribution is 5.86. The van der Waals surface area contributed by atoms with Gasteiger partial charge in [0, 0.05) is 6.61 Å². The molecule has 0 saturated carbocycles. The summed E-state index contributed by atoms with van der Waals surface area (Å²) in [4.78, 5) is 21.8. The van der Waals surface area contributed by atoms with Gasteiger partial charge in [0.15, 0.2) is 0 Å². The second-order valence-electron chi connectivity index (χ2n) is 3.08. The number of aliphatic carboxylic acids is 1. The number of aliphatic hydroxyl groups is 1. The van der Waals surface area contributed by atoms with E-state index in [0.717, 1.165) is 6.42 Å². The topological polar surface area (TPSA) is 95.9 Å². The van der Waals surface area contributed by atoms with Crippen molar-refractivity contribution in [2.75, 3.05) is 13.2 Å². The molecule has 0 aromatic rings. The van der Waals surface area contributed by atoms with E-state index in [1.165, 1.54) is 0 Å². The van der Waals surface area contributed by atoms with Crippen LogP contribution in [0.25, 0.3) is 0 Å². The summed E-state index contributed by atoms with van der Waals surface area (Å²) in [5, 5.41) is 19.4. The molecule has 1 aliphatic heterocycles. The van der Waals surface area contributed by atoms with Crippen LogP contribution in [0.5, 0.6) is 0 Å². The maximum atomic E-state index is 11.3. The summed E-state index contributed by atoms with van der Waals surface area (Å²) in [5.41, 5.74) is 0. The molecule has 1 rings (SSSR count). The highest BCUT2D eigenvalue weighted by atomic mass is 16.5. The van der Waals surface area contributed by atoms with Crippen molar-refractivity contribution in [1.82, 2.24) is 5.32 Å². The molecule has 80 valence electrons. The van der Waals surface area contributed by atoms with Crippen LogP contribution in [0.3, 0.4) is 0 Å². The lowest BCUT2D eigenvalue weighted by molar-refractivity contribution is -0.144. The first kappa shape index (κ1) is 10.9. The summed E-state index contributed by atoms with van der Waals surface area (Å²) >= 11 is 0. The first-order chi connectivity index (χ1) is 6.65. The smallest absolute Gasteiger partial charge is 0.328 e. The average molecular weight is 203 g/mol. The predicted octanol–water partition coefficient (Wildman–Crippen LogP) is -1.27. The Morgan fingerprint density at radius 2 is 2.29 bits per heavy atom. The molecule has 14 heavy (non-hydrogen) atoms. The Morgan fingerprint density at radius 3 is 2.71 bits per heavy atom. The van der Waals surface area contributed by atoms with E-state index in [1.807, 2.05) is 0 Å². The molecule has 3 N–H and O–H groups in total. The zero-order valence-corrected chi connectivity index (χ0v) is 7.60. The Hall–Kier alpha value is -1.14. The van der Waals surface area contributed by atoms with E-state index in [4.69, 9.17) is 14.9 Å². The van der Waals surface area contributed by atoms with Crippen LogP contribution in [0.15, 0.2) is 0 Å². The molecule has 1 fully saturated rings. The molecule has 0 aromatic heterocycles. The first-order valence-corrected chi connectivity index (χ1v) is 4.40. The van der Waals surface area contributed by atoms with E-state index < -0.39 is 30.6 Å². The summed E-state index contributed by atoms with van der Waals surface area (Å²) in [6.07, 6.45) is 0.835. The molecule has 0 aromatic carbocycles. The lowest BCUT2D eigenvalue weighted by Crippen LogP contribution is -2.47. The van der Waals surface area contributed by atoms with Gasteiger partial charge in [0.05, 0.1) is 6.61 Å². The van der Waals surface area contributed by atoms with Gasteiger partial charge in [-0.1, -0.05) is 0 Å². The van der Waals surface area contributed by atoms with Crippen molar-refractivity contribution in [3.8, 4) is 0 Å². The van der Waals surface area contributed by atoms with Gasteiger partial charge in [0.1, 0.15) is 12.1 Å². The van der Waals surface area contributed by atoms with Gasteiger partial charge in [0.25, 0.3) is 0 Å². The van der Waals surface area contributed by atoms with Crippen molar-refractivity contribution in [2.24, 2.45) is 0 Å². The van der Waals surface area contributed by atoms with Crippen molar-refractivity contribution in [3.63, 3.8) is 0 Å². The van der Waals surface area contributed by atoms with E-state index in [1.54, 1.807) is 0 Å². The van der Waals surface area contributed by atoms with Crippen LogP contribution in [0.1, 0.15) is 12.8 Å². The normalized spacial score (nSPS) is 23.1. The zero-order valence-electron chi connectivity index (χ0n) is 7.60. The van der Waals surface area contributed by atoms with Crippen LogP contribution in [-0.2, 0) is 14.3 Å². The van der Waals surface area contributed by atoms with E-state index >= 15 is 0 Å². The summed E-state index contributed by atoms with van der Waals surface area (Å²) < 4.78 is 5.05. The zero-order chi connectivity index (χ0) is 10.6. The van der Waals surface area contributed by atoms with Crippen LogP contribution in [-0.4, -0.2) is 47.4 Å². The van der Waals surface area contributed by atoms with Crippen molar-refractivity contribution in [1.29, 1.82) is 0 Å². The van der Waals surface area contributed by atoms with Crippen LogP contribution in [0, 0.1) is 0 Å². The fourth-order valence-electron chi connectivity index (χ4n) is 1.23. The number of ether oxygens (including phenoxy) is 1. The number of carbonyl (C=O) groups is 2. The second kappa shape index (κ2) is 4.92. The molecule has 0 spiro atoms. The molecule has 0 unspecified atom stereocenters. The van der Waals surface area contributed by atoms with Crippen LogP contribution >= 0.6 is 0 Å². The Bertz CT molecular complexity index is 224. The third-order valence-electron chi connectivity index (χ3n) is 2.02. The summed E-state index contributed by atoms with van der Waals surface area (Å²) in [5.74, 6) is -1.72. The minimum Gasteiger partial charge on any atom is -0.480 e. The standard InChI is InChI=1S/C8H13NO5/c10-4-5(8(12)13)9-7(11)6-2-1-3-14-6/h5-6,10H,1-4H2,(H,9,11)(H,12,13)/t5-,6+/m0/s1. The molecule has 0 radical (unpaired) electrons. The Kier molecular flexibility index (Phi) is 3.84. The van der Waals surface area contributed by atoms with Gasteiger partial charge in [-0.25, -0.2) is 4.79 Å². The van der Waals surface area contributed by atoms with Gasteiger partial charge < -0.3 is 20.3 Å². The van der Waals surface area contributed by atoms with Crippen molar-refractivity contribution in [2.45, 2.75) is 25.0 Å². The van der Waals surface area contributed by atoms with Crippen molar-refractivity contribution < 1.29 is 24.5 Å². The number of hydrogen-bond donors (Lipinski definition) is 3. The highest BCUT2D eigenvalue weighted by Crippen LogP contribution is 2.11. The number of carbonyl (C=O) groups excluding carboxylic acids is 1. The Balaban J connectivity index is 2.41. The van der Waals surface area contributed by atoms with Crippen molar-refractivity contribution in [3.05, 3.63) is 0 Å². The fraction of sp³-hybridized carbons (Fsp3) is 0.750. The number of carboxylic acids is 1. The molecule has 6 nitrogen and oxygen atoms in total. The maximum Gasteiger partial charge on any atom is 0.328 e. The Morgan fingerprint density at radius 1 is 1.57 bits per heavy atom. The Labute approximate surface area is 80.9 Å². The first-order valence-electron chi connectivity index (χ1n) is 4.40. The SMILES string of the molecule is O=C(O)[C@H](CO)NC(=O)[C@H]1CCCO1. The summed E-state index contributed by atoms with van der Waals surface area (Å²) in [7, 11) is 0. The predicted molar refractivity (Wildman–Crippen MR) is 45.6 cm³/mol. The number of hydrogen-bond acceptors (Lipinski definition) is 4. The maximum absolute atomic E-state index is 11.3. The third-order valence-corrected chi connectivity index (χ3v) is 2.02. The third kappa shape index (κ3) is 2.68. The van der Waals surface area contributed by atoms with Gasteiger partial charge >= 0.3 is 5.97 Å². The minimum absolute atomic E-state index is 0.469. The van der Waals surface area contributed by atoms with Crippen LogP contribution < -0.4 is 5.32 Å². The molecule has 1 heterocycles. The van der Waals surface area contributed by atoms with Gasteiger partial charge in [-0.15, -0.1) is 0 Å². The second-order valence-corrected chi connectivity index (χ2v) is 3.08. The summed E-state index contributed by atoms with van der Waals surface area (Å²) in [6, 6.07) is -1.24. The molecule has 1 saturated heterocycles. The molecule has 1 amide bonds. The van der Waals surface area contributed by atoms with Gasteiger partial charge in [-0.3, -0.25) is 4.79 Å². The lowest BCUT2D eigenvalue weighted by atomic mass is 10.2. The molecule has 0 bridgehead atoms. The molecule has 0 aliphatic carbocycles.